The van der Waals surface area contributed by atoms with E-state index in [0.29, 0.717) is 37.9 Å². The molecule has 2 N–H and O–H groups in total. The fourth-order valence-electron chi connectivity index (χ4n) is 2.89. The number of pyridine rings is 2. The Labute approximate surface area is 211 Å². The number of hydrogen-bond donors (Lipinski definition) is 2. The minimum Gasteiger partial charge on any atom is -0.406 e. The Bertz CT molecular complexity index is 1400. The minimum atomic E-state index is -4.79. The molecule has 0 saturated heterocycles. The molecule has 0 aliphatic carbocycles. The number of nitrogens with zero attached hydrogens (tertiary/aromatic N) is 4. The van der Waals surface area contributed by atoms with E-state index in [4.69, 9.17) is 5.26 Å². The summed E-state index contributed by atoms with van der Waals surface area (Å²) < 4.78 is 40.8. The number of aromatic nitrogens is 3. The number of ether oxygens (including phenoxy) is 1. The number of thiazole rings is 1. The molecule has 4 rings (SSSR count). The highest BCUT2D eigenvalue weighted by atomic mass is 32.2. The number of anilines is 3. The molecule has 0 radical (unpaired) electrons. The zero-order valence-corrected chi connectivity index (χ0v) is 19.7. The van der Waals surface area contributed by atoms with Gasteiger partial charge in [0.2, 0.25) is 0 Å². The van der Waals surface area contributed by atoms with Crippen LogP contribution in [0.25, 0.3) is 0 Å². The molecule has 8 nitrogen and oxygen atoms in total. The average Bonchev–Trinajstić information content (AvgIpc) is 3.31. The fraction of sp³-hybridized carbons (Fsp3) is 0.0870. The van der Waals surface area contributed by atoms with E-state index in [9.17, 15) is 18.0 Å². The van der Waals surface area contributed by atoms with Crippen LogP contribution >= 0.6 is 23.1 Å². The number of nitriles is 1. The Morgan fingerprint density at radius 1 is 1.11 bits per heavy atom. The lowest BCUT2D eigenvalue weighted by Crippen LogP contribution is -2.17. The van der Waals surface area contributed by atoms with Gasteiger partial charge in [0.15, 0.2) is 5.13 Å². The Morgan fingerprint density at radius 3 is 2.64 bits per heavy atom. The summed E-state index contributed by atoms with van der Waals surface area (Å²) in [4.78, 5) is 26.0. The molecule has 1 amide bonds. The van der Waals surface area contributed by atoms with Gasteiger partial charge in [-0.25, -0.2) is 15.0 Å². The normalized spacial score (nSPS) is 10.9. The second-order valence-electron chi connectivity index (χ2n) is 6.99. The van der Waals surface area contributed by atoms with Gasteiger partial charge < -0.3 is 15.4 Å². The molecule has 0 fully saturated rings. The van der Waals surface area contributed by atoms with Crippen molar-refractivity contribution in [3.8, 4) is 11.8 Å². The van der Waals surface area contributed by atoms with Crippen molar-refractivity contribution in [2.24, 2.45) is 0 Å². The van der Waals surface area contributed by atoms with Crippen LogP contribution < -0.4 is 15.4 Å². The molecule has 13 heteroatoms. The number of benzene rings is 1. The van der Waals surface area contributed by atoms with Crippen molar-refractivity contribution in [2.75, 3.05) is 10.6 Å². The number of halogens is 3. The van der Waals surface area contributed by atoms with Gasteiger partial charge in [-0.1, -0.05) is 11.3 Å². The monoisotopic (exact) mass is 528 g/mol. The largest absolute Gasteiger partial charge is 0.573 e. The maximum absolute atomic E-state index is 12.8. The van der Waals surface area contributed by atoms with Crippen molar-refractivity contribution >= 4 is 45.6 Å². The Balaban J connectivity index is 1.40. The molecule has 0 spiro atoms. The van der Waals surface area contributed by atoms with Crippen molar-refractivity contribution in [1.29, 1.82) is 5.26 Å². The number of amides is 1. The third kappa shape index (κ3) is 6.94. The Kier molecular flexibility index (Phi) is 7.67. The summed E-state index contributed by atoms with van der Waals surface area (Å²) in [5.41, 5.74) is 1.53. The van der Waals surface area contributed by atoms with E-state index >= 15 is 0 Å². The number of nitrogens with one attached hydrogen (secondary N) is 2. The molecule has 0 saturated carbocycles. The molecule has 182 valence electrons. The topological polar surface area (TPSA) is 113 Å². The minimum absolute atomic E-state index is 0.306. The first-order valence-corrected chi connectivity index (χ1v) is 11.9. The van der Waals surface area contributed by atoms with Crippen LogP contribution in [0.2, 0.25) is 0 Å². The van der Waals surface area contributed by atoms with E-state index in [-0.39, 0.29) is 5.75 Å². The second kappa shape index (κ2) is 11.1. The van der Waals surface area contributed by atoms with Crippen LogP contribution in [0.3, 0.4) is 0 Å². The number of hydrogen-bond acceptors (Lipinski definition) is 9. The first-order chi connectivity index (χ1) is 17.3. The van der Waals surface area contributed by atoms with Gasteiger partial charge in [0.25, 0.3) is 5.91 Å². The van der Waals surface area contributed by atoms with Crippen molar-refractivity contribution < 1.29 is 22.7 Å². The van der Waals surface area contributed by atoms with Crippen molar-refractivity contribution in [3.63, 3.8) is 0 Å². The maximum Gasteiger partial charge on any atom is 0.573 e. The van der Waals surface area contributed by atoms with Crippen LogP contribution in [-0.2, 0) is 5.75 Å². The predicted octanol–water partition coefficient (Wildman–Crippen LogP) is 5.99. The highest BCUT2D eigenvalue weighted by Crippen LogP contribution is 2.28. The molecule has 3 aromatic heterocycles. The third-order valence-electron chi connectivity index (χ3n) is 4.41. The van der Waals surface area contributed by atoms with Crippen LogP contribution in [0.15, 0.2) is 72.1 Å². The Hall–Kier alpha value is -4.15. The number of carbonyl (C=O) groups excluding carboxylic acids is 1. The summed E-state index contributed by atoms with van der Waals surface area (Å²) in [5.74, 6) is 0.206. The third-order valence-corrected chi connectivity index (χ3v) is 6.31. The van der Waals surface area contributed by atoms with Gasteiger partial charge in [0.1, 0.15) is 27.5 Å². The summed E-state index contributed by atoms with van der Waals surface area (Å²) in [7, 11) is 0. The number of carbonyl (C=O) groups is 1. The SMILES string of the molecule is N#Cc1cnc(Nc2cc(CSc3ncccc3C(=O)Nc3ccc(OC(F)(F)F)cc3)ccn2)s1. The van der Waals surface area contributed by atoms with Crippen molar-refractivity contribution in [2.45, 2.75) is 17.1 Å². The van der Waals surface area contributed by atoms with Crippen LogP contribution in [0, 0.1) is 11.3 Å². The summed E-state index contributed by atoms with van der Waals surface area (Å²) in [6, 6.07) is 13.8. The van der Waals surface area contributed by atoms with Crippen LogP contribution in [0.1, 0.15) is 20.8 Å². The zero-order valence-electron chi connectivity index (χ0n) is 18.1. The lowest BCUT2D eigenvalue weighted by atomic mass is 10.2. The summed E-state index contributed by atoms with van der Waals surface area (Å²) >= 11 is 2.55. The summed E-state index contributed by atoms with van der Waals surface area (Å²) in [5, 5.41) is 15.7. The van der Waals surface area contributed by atoms with Crippen LogP contribution in [0.4, 0.5) is 29.8 Å². The van der Waals surface area contributed by atoms with Gasteiger partial charge in [0, 0.05) is 23.8 Å². The van der Waals surface area contributed by atoms with E-state index in [1.807, 2.05) is 18.2 Å². The lowest BCUT2D eigenvalue weighted by molar-refractivity contribution is -0.274. The highest BCUT2D eigenvalue weighted by Gasteiger charge is 2.31. The van der Waals surface area contributed by atoms with Crippen molar-refractivity contribution in [3.05, 3.63) is 83.1 Å². The van der Waals surface area contributed by atoms with E-state index in [0.717, 1.165) is 17.7 Å². The van der Waals surface area contributed by atoms with Crippen LogP contribution in [0.5, 0.6) is 5.75 Å². The molecule has 36 heavy (non-hydrogen) atoms. The maximum atomic E-state index is 12.8. The number of rotatable bonds is 8. The zero-order chi connectivity index (χ0) is 25.5. The van der Waals surface area contributed by atoms with E-state index in [1.165, 1.54) is 41.4 Å². The molecular formula is C23H15F3N6O2S2. The smallest absolute Gasteiger partial charge is 0.406 e. The van der Waals surface area contributed by atoms with Crippen LogP contribution in [-0.4, -0.2) is 27.2 Å². The molecule has 0 aliphatic heterocycles. The molecule has 3 heterocycles. The molecule has 0 unspecified atom stereocenters. The molecule has 0 aliphatic rings. The predicted molar refractivity (Wildman–Crippen MR) is 129 cm³/mol. The first kappa shape index (κ1) is 25.0. The van der Waals surface area contributed by atoms with E-state index in [1.54, 1.807) is 24.5 Å². The fourth-order valence-corrected chi connectivity index (χ4v) is 4.45. The van der Waals surface area contributed by atoms with Gasteiger partial charge in [-0.2, -0.15) is 5.26 Å². The van der Waals surface area contributed by atoms with E-state index in [2.05, 4.69) is 30.3 Å². The van der Waals surface area contributed by atoms with Gasteiger partial charge in [-0.3, -0.25) is 4.79 Å². The highest BCUT2D eigenvalue weighted by molar-refractivity contribution is 7.98. The van der Waals surface area contributed by atoms with Crippen molar-refractivity contribution in [1.82, 2.24) is 15.0 Å². The average molecular weight is 529 g/mol. The van der Waals surface area contributed by atoms with Gasteiger partial charge >= 0.3 is 6.36 Å². The first-order valence-electron chi connectivity index (χ1n) is 10.1. The molecule has 0 atom stereocenters. The van der Waals surface area contributed by atoms with Gasteiger partial charge in [-0.05, 0) is 54.1 Å². The molecule has 1 aromatic carbocycles. The molecule has 0 bridgehead atoms. The number of alkyl halides is 3. The van der Waals surface area contributed by atoms with Gasteiger partial charge in [0.05, 0.1) is 11.8 Å². The lowest BCUT2D eigenvalue weighted by Gasteiger charge is -2.11. The van der Waals surface area contributed by atoms with E-state index < -0.39 is 12.3 Å². The number of thioether (sulfide) groups is 1. The second-order valence-corrected chi connectivity index (χ2v) is 8.98. The summed E-state index contributed by atoms with van der Waals surface area (Å²) in [6.07, 6.45) is -0.114. The standard InChI is InChI=1S/C23H15F3N6O2S2/c24-23(25,26)34-16-5-3-15(4-6-16)31-20(33)18-2-1-8-29-21(18)35-13-14-7-9-28-19(10-14)32-22-30-12-17(11-27)36-22/h1-10,12H,13H2,(H,31,33)(H,28,30,32). The van der Waals surface area contributed by atoms with Gasteiger partial charge in [-0.15, -0.1) is 24.9 Å². The summed E-state index contributed by atoms with van der Waals surface area (Å²) in [6.45, 7) is 0. The Morgan fingerprint density at radius 2 is 1.92 bits per heavy atom. The molecular weight excluding hydrogens is 513 g/mol. The quantitative estimate of drug-likeness (QED) is 0.268. The molecule has 4 aromatic rings.